The average Bonchev–Trinajstić information content (AvgIpc) is 3.08. The number of ether oxygens (including phenoxy) is 2. The number of pyridine rings is 1. The van der Waals surface area contributed by atoms with Gasteiger partial charge >= 0.3 is 12.2 Å². The molecule has 2 aromatic rings. The van der Waals surface area contributed by atoms with Crippen molar-refractivity contribution in [2.75, 3.05) is 10.6 Å². The third kappa shape index (κ3) is 7.04. The Morgan fingerprint density at radius 2 is 1.62 bits per heavy atom. The van der Waals surface area contributed by atoms with Crippen LogP contribution in [0.25, 0.3) is 0 Å². The van der Waals surface area contributed by atoms with Gasteiger partial charge in [0.2, 0.25) is 5.95 Å². The minimum Gasteiger partial charge on any atom is -0.444 e. The number of rotatable bonds is 5. The van der Waals surface area contributed by atoms with Gasteiger partial charge in [-0.15, -0.1) is 5.10 Å². The molecule has 1 spiro atoms. The number of anilines is 2. The lowest BCUT2D eigenvalue weighted by atomic mass is 9.52. The predicted octanol–water partition coefficient (Wildman–Crippen LogP) is 5.01. The summed E-state index contributed by atoms with van der Waals surface area (Å²) in [4.78, 5) is 41.4. The minimum absolute atomic E-state index is 0.0157. The van der Waals surface area contributed by atoms with E-state index in [1.54, 1.807) is 33.8 Å². The molecule has 2 saturated carbocycles. The molecule has 12 heteroatoms. The van der Waals surface area contributed by atoms with Gasteiger partial charge in [0.25, 0.3) is 5.91 Å². The topological polar surface area (TPSA) is 136 Å². The van der Waals surface area contributed by atoms with Gasteiger partial charge in [0, 0.05) is 23.8 Å². The normalized spacial score (nSPS) is 22.4. The van der Waals surface area contributed by atoms with E-state index >= 15 is 0 Å². The van der Waals surface area contributed by atoms with E-state index in [2.05, 4.69) is 26.0 Å². The Hall–Kier alpha value is -3.70. The number of aryl methyl sites for hydroxylation is 1. The Balaban J connectivity index is 1.34. The molecule has 0 radical (unpaired) electrons. The molecule has 0 atom stereocenters. The van der Waals surface area contributed by atoms with Crippen LogP contribution in [-0.4, -0.2) is 56.1 Å². The van der Waals surface area contributed by atoms with Crippen LogP contribution in [0, 0.1) is 18.3 Å². The number of alkyl carbamates (subject to hydrolysis) is 1. The summed E-state index contributed by atoms with van der Waals surface area (Å²) >= 11 is 0. The molecule has 2 aliphatic rings. The molecule has 0 unspecified atom stereocenters. The molecule has 0 saturated heterocycles. The maximum Gasteiger partial charge on any atom is 0.435 e. The molecule has 0 aromatic carbocycles. The van der Waals surface area contributed by atoms with Crippen molar-refractivity contribution in [3.05, 3.63) is 35.4 Å². The molecule has 0 bridgehead atoms. The Bertz CT molecular complexity index is 1260. The van der Waals surface area contributed by atoms with E-state index < -0.39 is 35.2 Å². The molecule has 11 nitrogen and oxygen atoms in total. The van der Waals surface area contributed by atoms with Crippen LogP contribution in [0.4, 0.5) is 25.6 Å². The fourth-order valence-electron chi connectivity index (χ4n) is 5.11. The highest BCUT2D eigenvalue weighted by molar-refractivity contribution is 6.07. The van der Waals surface area contributed by atoms with Gasteiger partial charge in [0.05, 0.1) is 5.56 Å². The average molecular weight is 545 g/mol. The van der Waals surface area contributed by atoms with Crippen molar-refractivity contribution in [1.82, 2.24) is 20.1 Å². The van der Waals surface area contributed by atoms with E-state index in [0.717, 1.165) is 36.4 Å². The molecule has 2 heterocycles. The fraction of sp³-hybridized carbons (Fsp3) is 0.593. The lowest BCUT2D eigenvalue weighted by molar-refractivity contribution is -0.0179. The standard InChI is InChI=1S/C27H37FN6O5/c1-15-10-20(33-34(15)24(37)39-26(5,6)7)32-22(35)18-8-9-19(28)31-21(18)29-16-11-27(12-16)13-17(14-27)30-23(36)38-25(2,3)4/h8-10,16-17H,11-14H2,1-7H3,(H,29,31)(H,30,36)(H,32,33,35). The molecule has 212 valence electrons. The number of aromatic nitrogens is 3. The smallest absolute Gasteiger partial charge is 0.435 e. The van der Waals surface area contributed by atoms with Gasteiger partial charge < -0.3 is 25.4 Å². The first kappa shape index (κ1) is 28.3. The summed E-state index contributed by atoms with van der Waals surface area (Å²) in [6.45, 7) is 12.4. The van der Waals surface area contributed by atoms with Crippen LogP contribution >= 0.6 is 0 Å². The van der Waals surface area contributed by atoms with Crippen LogP contribution in [0.2, 0.25) is 0 Å². The maximum absolute atomic E-state index is 14.0. The highest BCUT2D eigenvalue weighted by atomic mass is 19.1. The van der Waals surface area contributed by atoms with E-state index in [9.17, 15) is 18.8 Å². The molecular weight excluding hydrogens is 507 g/mol. The van der Waals surface area contributed by atoms with E-state index in [1.165, 1.54) is 6.07 Å². The zero-order valence-corrected chi connectivity index (χ0v) is 23.5. The van der Waals surface area contributed by atoms with Crippen LogP contribution in [0.3, 0.4) is 0 Å². The lowest BCUT2D eigenvalue weighted by Crippen LogP contribution is -2.59. The van der Waals surface area contributed by atoms with Crippen molar-refractivity contribution < 1.29 is 28.2 Å². The van der Waals surface area contributed by atoms with Gasteiger partial charge in [-0.3, -0.25) is 4.79 Å². The van der Waals surface area contributed by atoms with Gasteiger partial charge in [-0.05, 0) is 91.7 Å². The molecule has 2 aromatic heterocycles. The number of hydrogen-bond donors (Lipinski definition) is 3. The van der Waals surface area contributed by atoms with Crippen molar-refractivity contribution >= 4 is 29.7 Å². The van der Waals surface area contributed by atoms with Gasteiger partial charge in [-0.25, -0.2) is 14.6 Å². The Morgan fingerprint density at radius 3 is 2.23 bits per heavy atom. The van der Waals surface area contributed by atoms with Crippen LogP contribution in [0.15, 0.2) is 18.2 Å². The van der Waals surface area contributed by atoms with Gasteiger partial charge in [-0.1, -0.05) is 0 Å². The largest absolute Gasteiger partial charge is 0.444 e. The third-order valence-electron chi connectivity index (χ3n) is 6.58. The summed E-state index contributed by atoms with van der Waals surface area (Å²) in [5, 5.41) is 12.9. The van der Waals surface area contributed by atoms with Crippen molar-refractivity contribution in [2.24, 2.45) is 5.41 Å². The first-order chi connectivity index (χ1) is 18.0. The Morgan fingerprint density at radius 1 is 1.00 bits per heavy atom. The van der Waals surface area contributed by atoms with E-state index in [1.807, 2.05) is 20.8 Å². The van der Waals surface area contributed by atoms with Crippen molar-refractivity contribution in [3.8, 4) is 0 Å². The second kappa shape index (κ2) is 10.1. The quantitative estimate of drug-likeness (QED) is 0.447. The molecule has 4 rings (SSSR count). The SMILES string of the molecule is Cc1cc(NC(=O)c2ccc(F)nc2NC2CC3(CC(NC(=O)OC(C)(C)C)C3)C2)nn1C(=O)OC(C)(C)C. The second-order valence-corrected chi connectivity index (χ2v) is 12.5. The van der Waals surface area contributed by atoms with Crippen LogP contribution in [-0.2, 0) is 9.47 Å². The van der Waals surface area contributed by atoms with Gasteiger partial charge in [-0.2, -0.15) is 9.07 Å². The lowest BCUT2D eigenvalue weighted by Gasteiger charge is -2.57. The van der Waals surface area contributed by atoms with E-state index in [4.69, 9.17) is 9.47 Å². The molecule has 0 aliphatic heterocycles. The third-order valence-corrected chi connectivity index (χ3v) is 6.58. The van der Waals surface area contributed by atoms with Crippen molar-refractivity contribution in [3.63, 3.8) is 0 Å². The first-order valence-corrected chi connectivity index (χ1v) is 13.0. The highest BCUT2D eigenvalue weighted by Gasteiger charge is 2.53. The molecule has 3 N–H and O–H groups in total. The van der Waals surface area contributed by atoms with E-state index in [0.29, 0.717) is 5.69 Å². The van der Waals surface area contributed by atoms with Crippen molar-refractivity contribution in [1.29, 1.82) is 0 Å². The first-order valence-electron chi connectivity index (χ1n) is 13.0. The summed E-state index contributed by atoms with van der Waals surface area (Å²) in [6.07, 6.45) is 2.24. The Labute approximate surface area is 227 Å². The summed E-state index contributed by atoms with van der Waals surface area (Å²) in [5.41, 5.74) is -0.502. The molecule has 2 amide bonds. The van der Waals surface area contributed by atoms with Gasteiger partial charge in [0.1, 0.15) is 17.0 Å². The number of halogens is 1. The molecular formula is C27H37FN6O5. The number of carbonyl (C=O) groups is 3. The summed E-state index contributed by atoms with van der Waals surface area (Å²) < 4.78 is 25.7. The molecule has 2 aliphatic carbocycles. The second-order valence-electron chi connectivity index (χ2n) is 12.5. The molecule has 2 fully saturated rings. The summed E-state index contributed by atoms with van der Waals surface area (Å²) in [6, 6.07) is 4.10. The minimum atomic E-state index is -0.710. The summed E-state index contributed by atoms with van der Waals surface area (Å²) in [7, 11) is 0. The molecule has 39 heavy (non-hydrogen) atoms. The fourth-order valence-corrected chi connectivity index (χ4v) is 5.11. The van der Waals surface area contributed by atoms with Gasteiger partial charge in [0.15, 0.2) is 5.82 Å². The highest BCUT2D eigenvalue weighted by Crippen LogP contribution is 2.56. The Kier molecular flexibility index (Phi) is 7.35. The monoisotopic (exact) mass is 544 g/mol. The van der Waals surface area contributed by atoms with Crippen LogP contribution in [0.5, 0.6) is 0 Å². The zero-order valence-electron chi connectivity index (χ0n) is 23.5. The van der Waals surface area contributed by atoms with Crippen LogP contribution in [0.1, 0.15) is 83.3 Å². The summed E-state index contributed by atoms with van der Waals surface area (Å²) in [5.74, 6) is -0.964. The number of hydrogen-bond acceptors (Lipinski definition) is 8. The zero-order chi connectivity index (χ0) is 28.8. The van der Waals surface area contributed by atoms with E-state index in [-0.39, 0.29) is 34.7 Å². The number of carbonyl (C=O) groups excluding carboxylic acids is 3. The number of nitrogens with zero attached hydrogens (tertiary/aromatic N) is 3. The predicted molar refractivity (Wildman–Crippen MR) is 142 cm³/mol. The number of nitrogens with one attached hydrogen (secondary N) is 3. The van der Waals surface area contributed by atoms with Crippen LogP contribution < -0.4 is 16.0 Å². The maximum atomic E-state index is 14.0. The number of amides is 2. The van der Waals surface area contributed by atoms with Crippen molar-refractivity contribution in [2.45, 2.75) is 97.4 Å².